The van der Waals surface area contributed by atoms with Crippen LogP contribution in [0.25, 0.3) is 0 Å². The largest absolute Gasteiger partial charge is 0.457 e. The second-order valence-electron chi connectivity index (χ2n) is 9.17. The lowest BCUT2D eigenvalue weighted by molar-refractivity contribution is 0.249. The number of ether oxygens (including phenoxy) is 1. The van der Waals surface area contributed by atoms with E-state index in [1.807, 2.05) is 61.5 Å². The van der Waals surface area contributed by atoms with Crippen LogP contribution in [0.4, 0.5) is 5.69 Å². The predicted molar refractivity (Wildman–Crippen MR) is 146 cm³/mol. The summed E-state index contributed by atoms with van der Waals surface area (Å²) in [5.74, 6) is 1.98. The molecule has 37 heavy (non-hydrogen) atoms. The lowest BCUT2D eigenvalue weighted by atomic mass is 10.1. The molecule has 0 atom stereocenters. The number of piperazine rings is 1. The van der Waals surface area contributed by atoms with Crippen LogP contribution in [0.15, 0.2) is 108 Å². The summed E-state index contributed by atoms with van der Waals surface area (Å²) in [5.41, 5.74) is 3.27. The van der Waals surface area contributed by atoms with Gasteiger partial charge in [0.1, 0.15) is 22.1 Å². The number of nitrogens with zero attached hydrogens (tertiary/aromatic N) is 2. The van der Waals surface area contributed by atoms with Crippen molar-refractivity contribution in [2.45, 2.75) is 18.4 Å². The number of rotatable bonds is 8. The van der Waals surface area contributed by atoms with Gasteiger partial charge in [0.2, 0.25) is 0 Å². The van der Waals surface area contributed by atoms with Crippen LogP contribution in [-0.4, -0.2) is 39.5 Å². The summed E-state index contributed by atoms with van der Waals surface area (Å²) in [7, 11) is -3.86. The lowest BCUT2D eigenvalue weighted by Crippen LogP contribution is -2.45. The maximum Gasteiger partial charge on any atom is 0.339 e. The number of hydrogen-bond donors (Lipinski definition) is 0. The molecule has 1 aliphatic heterocycles. The zero-order valence-electron chi connectivity index (χ0n) is 20.8. The number of para-hydroxylation sites is 1. The molecule has 7 heteroatoms. The molecule has 190 valence electrons. The molecule has 1 heterocycles. The Hall–Kier alpha value is -3.81. The van der Waals surface area contributed by atoms with Crippen molar-refractivity contribution in [3.63, 3.8) is 0 Å². The Balaban J connectivity index is 1.14. The molecule has 4 aromatic carbocycles. The van der Waals surface area contributed by atoms with Crippen molar-refractivity contribution in [1.29, 1.82) is 0 Å². The Morgan fingerprint density at radius 2 is 1.38 bits per heavy atom. The maximum absolute atomic E-state index is 12.6. The zero-order chi connectivity index (χ0) is 25.7. The summed E-state index contributed by atoms with van der Waals surface area (Å²) >= 11 is 0. The van der Waals surface area contributed by atoms with Crippen LogP contribution in [0, 0.1) is 6.92 Å². The first-order valence-electron chi connectivity index (χ1n) is 12.3. The Morgan fingerprint density at radius 1 is 0.703 bits per heavy atom. The molecule has 4 aromatic rings. The SMILES string of the molecule is Cc1ccc(S(=O)(=O)Oc2ccc(N3CCN(Cc4cccc(Oc5ccccc5)c4)CC3)cc2)cc1. The molecule has 0 aliphatic carbocycles. The fraction of sp³-hybridized carbons (Fsp3) is 0.200. The van der Waals surface area contributed by atoms with E-state index in [-0.39, 0.29) is 4.90 Å². The number of hydrogen-bond acceptors (Lipinski definition) is 6. The number of benzene rings is 4. The highest BCUT2D eigenvalue weighted by Crippen LogP contribution is 2.25. The minimum atomic E-state index is -3.86. The highest BCUT2D eigenvalue weighted by atomic mass is 32.2. The second-order valence-corrected chi connectivity index (χ2v) is 10.7. The first-order chi connectivity index (χ1) is 17.9. The van der Waals surface area contributed by atoms with Crippen molar-refractivity contribution in [3.8, 4) is 17.2 Å². The summed E-state index contributed by atoms with van der Waals surface area (Å²) in [5, 5.41) is 0. The van der Waals surface area contributed by atoms with Crippen molar-refractivity contribution in [3.05, 3.63) is 114 Å². The minimum absolute atomic E-state index is 0.149. The standard InChI is InChI=1S/C30H30N2O4S/c1-24-10-16-30(17-11-24)37(33,34)36-28-14-12-26(13-15-28)32-20-18-31(19-21-32)23-25-6-5-9-29(22-25)35-27-7-3-2-4-8-27/h2-17,22H,18-21,23H2,1H3. The molecular formula is C30H30N2O4S. The summed E-state index contributed by atoms with van der Waals surface area (Å²) < 4.78 is 36.4. The molecule has 0 unspecified atom stereocenters. The molecule has 0 saturated carbocycles. The normalized spacial score (nSPS) is 14.4. The van der Waals surface area contributed by atoms with E-state index in [0.29, 0.717) is 5.75 Å². The fourth-order valence-corrected chi connectivity index (χ4v) is 5.28. The van der Waals surface area contributed by atoms with Crippen LogP contribution in [0.5, 0.6) is 17.2 Å². The Bertz CT molecular complexity index is 1410. The minimum Gasteiger partial charge on any atom is -0.457 e. The first kappa shape index (κ1) is 24.9. The molecule has 0 bridgehead atoms. The first-order valence-corrected chi connectivity index (χ1v) is 13.8. The van der Waals surface area contributed by atoms with Gasteiger partial charge in [-0.05, 0) is 73.2 Å². The fourth-order valence-electron chi connectivity index (χ4n) is 4.35. The second kappa shape index (κ2) is 11.1. The highest BCUT2D eigenvalue weighted by molar-refractivity contribution is 7.87. The monoisotopic (exact) mass is 514 g/mol. The summed E-state index contributed by atoms with van der Waals surface area (Å²) in [4.78, 5) is 4.89. The van der Waals surface area contributed by atoms with E-state index in [9.17, 15) is 8.42 Å². The third kappa shape index (κ3) is 6.50. The van der Waals surface area contributed by atoms with E-state index < -0.39 is 10.1 Å². The van der Waals surface area contributed by atoms with Crippen molar-refractivity contribution >= 4 is 15.8 Å². The molecule has 0 amide bonds. The van der Waals surface area contributed by atoms with E-state index in [1.165, 1.54) is 5.56 Å². The van der Waals surface area contributed by atoms with Gasteiger partial charge in [-0.15, -0.1) is 0 Å². The highest BCUT2D eigenvalue weighted by Gasteiger charge is 2.19. The molecule has 1 fully saturated rings. The van der Waals surface area contributed by atoms with E-state index >= 15 is 0 Å². The zero-order valence-corrected chi connectivity index (χ0v) is 21.6. The van der Waals surface area contributed by atoms with Gasteiger partial charge in [0, 0.05) is 38.4 Å². The quantitative estimate of drug-likeness (QED) is 0.274. The van der Waals surface area contributed by atoms with Crippen molar-refractivity contribution in [2.24, 2.45) is 0 Å². The third-order valence-electron chi connectivity index (χ3n) is 6.37. The van der Waals surface area contributed by atoms with Gasteiger partial charge in [0.25, 0.3) is 0 Å². The Morgan fingerprint density at radius 3 is 2.08 bits per heavy atom. The lowest BCUT2D eigenvalue weighted by Gasteiger charge is -2.36. The van der Waals surface area contributed by atoms with Gasteiger partial charge >= 0.3 is 10.1 Å². The maximum atomic E-state index is 12.6. The molecule has 6 nitrogen and oxygen atoms in total. The summed E-state index contributed by atoms with van der Waals surface area (Å²) in [6.07, 6.45) is 0. The third-order valence-corrected chi connectivity index (χ3v) is 7.63. The predicted octanol–water partition coefficient (Wildman–Crippen LogP) is 5.88. The van der Waals surface area contributed by atoms with E-state index in [0.717, 1.165) is 55.5 Å². The van der Waals surface area contributed by atoms with Crippen LogP contribution in [-0.2, 0) is 16.7 Å². The van der Waals surface area contributed by atoms with Gasteiger partial charge < -0.3 is 13.8 Å². The van der Waals surface area contributed by atoms with E-state index in [2.05, 4.69) is 21.9 Å². The van der Waals surface area contributed by atoms with Gasteiger partial charge in [-0.2, -0.15) is 8.42 Å². The number of aryl methyl sites for hydroxylation is 1. The van der Waals surface area contributed by atoms with Crippen LogP contribution in [0.1, 0.15) is 11.1 Å². The van der Waals surface area contributed by atoms with Gasteiger partial charge in [0.15, 0.2) is 0 Å². The smallest absolute Gasteiger partial charge is 0.339 e. The van der Waals surface area contributed by atoms with Gasteiger partial charge in [-0.1, -0.05) is 48.0 Å². The molecule has 1 saturated heterocycles. The molecule has 5 rings (SSSR count). The molecule has 1 aliphatic rings. The average Bonchev–Trinajstić information content (AvgIpc) is 2.91. The van der Waals surface area contributed by atoms with Crippen LogP contribution in [0.2, 0.25) is 0 Å². The van der Waals surface area contributed by atoms with Crippen molar-refractivity contribution in [1.82, 2.24) is 4.90 Å². The topological polar surface area (TPSA) is 59.1 Å². The van der Waals surface area contributed by atoms with E-state index in [1.54, 1.807) is 36.4 Å². The summed E-state index contributed by atoms with van der Waals surface area (Å²) in [6.45, 7) is 6.43. The Labute approximate surface area is 218 Å². The average molecular weight is 515 g/mol. The van der Waals surface area contributed by atoms with E-state index in [4.69, 9.17) is 8.92 Å². The number of anilines is 1. The molecule has 0 radical (unpaired) electrons. The molecular weight excluding hydrogens is 484 g/mol. The summed E-state index contributed by atoms with van der Waals surface area (Å²) in [6, 6.07) is 32.0. The van der Waals surface area contributed by atoms with Gasteiger partial charge in [-0.25, -0.2) is 0 Å². The van der Waals surface area contributed by atoms with Gasteiger partial charge in [0.05, 0.1) is 0 Å². The van der Waals surface area contributed by atoms with Crippen LogP contribution in [0.3, 0.4) is 0 Å². The Kier molecular flexibility index (Phi) is 7.44. The molecule has 0 spiro atoms. The van der Waals surface area contributed by atoms with Gasteiger partial charge in [-0.3, -0.25) is 4.90 Å². The molecule has 0 aromatic heterocycles. The van der Waals surface area contributed by atoms with Crippen molar-refractivity contribution < 1.29 is 17.3 Å². The molecule has 0 N–H and O–H groups in total. The van der Waals surface area contributed by atoms with Crippen LogP contribution < -0.4 is 13.8 Å². The van der Waals surface area contributed by atoms with Crippen LogP contribution >= 0.6 is 0 Å². The van der Waals surface area contributed by atoms with Crippen molar-refractivity contribution in [2.75, 3.05) is 31.1 Å².